The molecule has 0 heterocycles. The zero-order valence-electron chi connectivity index (χ0n) is 9.95. The summed E-state index contributed by atoms with van der Waals surface area (Å²) in [6, 6.07) is 1.41. The molecular formula is C12H14F2N2O2. The maximum Gasteiger partial charge on any atom is 0.298 e. The highest BCUT2D eigenvalue weighted by atomic mass is 19.1. The van der Waals surface area contributed by atoms with Crippen LogP contribution in [0.1, 0.15) is 26.2 Å². The monoisotopic (exact) mass is 256 g/mol. The summed E-state index contributed by atoms with van der Waals surface area (Å²) in [5, 5.41) is 13.6. The standard InChI is InChI=1S/C12H14F2N2O2/c1-7-2-3-9(4-7)15-12-10(14)5-8(13)6-11(12)16(17)18/h5-7,9,15H,2-4H2,1H3. The van der Waals surface area contributed by atoms with Gasteiger partial charge in [-0.15, -0.1) is 0 Å². The molecule has 4 nitrogen and oxygen atoms in total. The summed E-state index contributed by atoms with van der Waals surface area (Å²) < 4.78 is 26.6. The molecule has 0 aromatic heterocycles. The molecule has 1 N–H and O–H groups in total. The molecule has 1 aromatic rings. The summed E-state index contributed by atoms with van der Waals surface area (Å²) >= 11 is 0. The molecule has 1 aliphatic rings. The van der Waals surface area contributed by atoms with Crippen molar-refractivity contribution in [2.45, 2.75) is 32.2 Å². The lowest BCUT2D eigenvalue weighted by molar-refractivity contribution is -0.384. The third kappa shape index (κ3) is 2.57. The van der Waals surface area contributed by atoms with Crippen molar-refractivity contribution >= 4 is 11.4 Å². The van der Waals surface area contributed by atoms with E-state index in [1.807, 2.05) is 0 Å². The number of anilines is 1. The van der Waals surface area contributed by atoms with E-state index >= 15 is 0 Å². The second-order valence-electron chi connectivity index (χ2n) is 4.80. The lowest BCUT2D eigenvalue weighted by atomic mass is 10.1. The van der Waals surface area contributed by atoms with Gasteiger partial charge in [0.15, 0.2) is 5.82 Å². The van der Waals surface area contributed by atoms with Crippen molar-refractivity contribution in [2.24, 2.45) is 5.92 Å². The van der Waals surface area contributed by atoms with Crippen LogP contribution < -0.4 is 5.32 Å². The van der Waals surface area contributed by atoms with Crippen molar-refractivity contribution in [3.63, 3.8) is 0 Å². The summed E-state index contributed by atoms with van der Waals surface area (Å²) in [4.78, 5) is 10.0. The van der Waals surface area contributed by atoms with Gasteiger partial charge in [0.1, 0.15) is 11.5 Å². The fraction of sp³-hybridized carbons (Fsp3) is 0.500. The molecule has 0 amide bonds. The molecule has 6 heteroatoms. The van der Waals surface area contributed by atoms with Gasteiger partial charge in [-0.1, -0.05) is 6.92 Å². The molecule has 1 aliphatic carbocycles. The molecule has 0 radical (unpaired) electrons. The molecule has 0 aliphatic heterocycles. The molecule has 0 spiro atoms. The molecule has 2 unspecified atom stereocenters. The largest absolute Gasteiger partial charge is 0.374 e. The van der Waals surface area contributed by atoms with Gasteiger partial charge in [-0.2, -0.15) is 0 Å². The summed E-state index contributed by atoms with van der Waals surface area (Å²) in [7, 11) is 0. The molecule has 2 rings (SSSR count). The first-order valence-corrected chi connectivity index (χ1v) is 5.87. The molecule has 1 fully saturated rings. The second-order valence-corrected chi connectivity index (χ2v) is 4.80. The Kier molecular flexibility index (Phi) is 3.45. The Morgan fingerprint density at radius 2 is 2.11 bits per heavy atom. The van der Waals surface area contributed by atoms with Gasteiger partial charge in [0, 0.05) is 12.1 Å². The third-order valence-electron chi connectivity index (χ3n) is 3.27. The number of nitro benzene ring substituents is 1. The number of benzene rings is 1. The Balaban J connectivity index is 2.28. The Bertz CT molecular complexity index is 479. The Morgan fingerprint density at radius 1 is 1.39 bits per heavy atom. The fourth-order valence-corrected chi connectivity index (χ4v) is 2.39. The van der Waals surface area contributed by atoms with Crippen molar-refractivity contribution in [3.05, 3.63) is 33.9 Å². The van der Waals surface area contributed by atoms with E-state index in [1.54, 1.807) is 0 Å². The zero-order valence-corrected chi connectivity index (χ0v) is 9.95. The summed E-state index contributed by atoms with van der Waals surface area (Å²) in [6.07, 6.45) is 2.69. The topological polar surface area (TPSA) is 55.2 Å². The predicted octanol–water partition coefficient (Wildman–Crippen LogP) is 3.47. The summed E-state index contributed by atoms with van der Waals surface area (Å²) in [6.45, 7) is 2.08. The van der Waals surface area contributed by atoms with Crippen molar-refractivity contribution in [1.29, 1.82) is 0 Å². The van der Waals surface area contributed by atoms with E-state index < -0.39 is 22.2 Å². The Labute approximate surface area is 103 Å². The van der Waals surface area contributed by atoms with Crippen molar-refractivity contribution in [3.8, 4) is 0 Å². The van der Waals surface area contributed by atoms with Gasteiger partial charge < -0.3 is 5.32 Å². The Morgan fingerprint density at radius 3 is 2.67 bits per heavy atom. The minimum Gasteiger partial charge on any atom is -0.374 e. The fourth-order valence-electron chi connectivity index (χ4n) is 2.39. The number of nitrogens with zero attached hydrogens (tertiary/aromatic N) is 1. The summed E-state index contributed by atoms with van der Waals surface area (Å²) in [5.74, 6) is -1.34. The quantitative estimate of drug-likeness (QED) is 0.665. The van der Waals surface area contributed by atoms with E-state index in [0.717, 1.165) is 25.3 Å². The van der Waals surface area contributed by atoms with E-state index in [1.165, 1.54) is 0 Å². The van der Waals surface area contributed by atoms with E-state index in [2.05, 4.69) is 12.2 Å². The average molecular weight is 256 g/mol. The summed E-state index contributed by atoms with van der Waals surface area (Å²) in [5.41, 5.74) is -0.757. The van der Waals surface area contributed by atoms with Crippen LogP contribution in [0.4, 0.5) is 20.2 Å². The van der Waals surface area contributed by atoms with Gasteiger partial charge in [0.05, 0.1) is 11.0 Å². The van der Waals surface area contributed by atoms with Crippen LogP contribution in [0.25, 0.3) is 0 Å². The molecule has 1 aromatic carbocycles. The van der Waals surface area contributed by atoms with Crippen molar-refractivity contribution in [2.75, 3.05) is 5.32 Å². The van der Waals surface area contributed by atoms with E-state index in [-0.39, 0.29) is 11.7 Å². The Hall–Kier alpha value is -1.72. The molecule has 18 heavy (non-hydrogen) atoms. The number of hydrogen-bond donors (Lipinski definition) is 1. The van der Waals surface area contributed by atoms with Gasteiger partial charge in [0.2, 0.25) is 0 Å². The number of rotatable bonds is 3. The number of hydrogen-bond acceptors (Lipinski definition) is 3. The van der Waals surface area contributed by atoms with Gasteiger partial charge in [-0.25, -0.2) is 8.78 Å². The van der Waals surface area contributed by atoms with Crippen LogP contribution in [0.2, 0.25) is 0 Å². The van der Waals surface area contributed by atoms with Crippen LogP contribution >= 0.6 is 0 Å². The molecule has 2 atom stereocenters. The number of nitrogens with one attached hydrogen (secondary N) is 1. The molecule has 0 saturated heterocycles. The highest BCUT2D eigenvalue weighted by Crippen LogP contribution is 2.33. The van der Waals surface area contributed by atoms with Gasteiger partial charge >= 0.3 is 0 Å². The number of nitro groups is 1. The highest BCUT2D eigenvalue weighted by molar-refractivity contribution is 5.63. The number of halogens is 2. The molecular weight excluding hydrogens is 242 g/mol. The average Bonchev–Trinajstić information content (AvgIpc) is 2.67. The molecule has 98 valence electrons. The van der Waals surface area contributed by atoms with Crippen LogP contribution in [0.3, 0.4) is 0 Å². The van der Waals surface area contributed by atoms with Crippen molar-refractivity contribution < 1.29 is 13.7 Å². The van der Waals surface area contributed by atoms with E-state index in [4.69, 9.17) is 0 Å². The van der Waals surface area contributed by atoms with E-state index in [9.17, 15) is 18.9 Å². The van der Waals surface area contributed by atoms with Crippen LogP contribution in [0, 0.1) is 27.7 Å². The zero-order chi connectivity index (χ0) is 13.3. The third-order valence-corrected chi connectivity index (χ3v) is 3.27. The van der Waals surface area contributed by atoms with Crippen LogP contribution in [-0.4, -0.2) is 11.0 Å². The van der Waals surface area contributed by atoms with Gasteiger partial charge in [0.25, 0.3) is 5.69 Å². The minimum atomic E-state index is -0.940. The first-order chi connectivity index (χ1) is 8.47. The normalized spacial score (nSPS) is 23.1. The highest BCUT2D eigenvalue weighted by Gasteiger charge is 2.26. The first kappa shape index (κ1) is 12.7. The first-order valence-electron chi connectivity index (χ1n) is 5.87. The molecule has 0 bridgehead atoms. The minimum absolute atomic E-state index is 0.0126. The van der Waals surface area contributed by atoms with Crippen LogP contribution in [0.15, 0.2) is 12.1 Å². The lowest BCUT2D eigenvalue weighted by Crippen LogP contribution is -2.17. The van der Waals surface area contributed by atoms with Crippen LogP contribution in [-0.2, 0) is 0 Å². The second kappa shape index (κ2) is 4.88. The predicted molar refractivity (Wildman–Crippen MR) is 63.4 cm³/mol. The SMILES string of the molecule is CC1CCC(Nc2c(F)cc(F)cc2[N+](=O)[O-])C1. The lowest BCUT2D eigenvalue weighted by Gasteiger charge is -2.14. The van der Waals surface area contributed by atoms with Crippen molar-refractivity contribution in [1.82, 2.24) is 0 Å². The van der Waals surface area contributed by atoms with E-state index in [0.29, 0.717) is 12.0 Å². The molecule has 1 saturated carbocycles. The van der Waals surface area contributed by atoms with Gasteiger partial charge in [-0.05, 0) is 25.2 Å². The van der Waals surface area contributed by atoms with Gasteiger partial charge in [-0.3, -0.25) is 10.1 Å². The maximum atomic E-state index is 13.6. The maximum absolute atomic E-state index is 13.6. The van der Waals surface area contributed by atoms with Crippen LogP contribution in [0.5, 0.6) is 0 Å². The smallest absolute Gasteiger partial charge is 0.298 e.